The zero-order chi connectivity index (χ0) is 10.4. The van der Waals surface area contributed by atoms with E-state index in [1.165, 1.54) is 7.11 Å². The van der Waals surface area contributed by atoms with Crippen molar-refractivity contribution in [3.8, 4) is 0 Å². The lowest BCUT2D eigenvalue weighted by molar-refractivity contribution is 0.187. The molecule has 1 aromatic rings. The fourth-order valence-electron chi connectivity index (χ4n) is 1.14. The Hall–Kier alpha value is -1.55. The lowest BCUT2D eigenvalue weighted by Gasteiger charge is -2.05. The summed E-state index contributed by atoms with van der Waals surface area (Å²) in [4.78, 5) is 10.9. The third kappa shape index (κ3) is 3.06. The van der Waals surface area contributed by atoms with Crippen molar-refractivity contribution in [1.82, 2.24) is 0 Å². The van der Waals surface area contributed by atoms with Gasteiger partial charge in [0.2, 0.25) is 0 Å². The molecule has 0 atom stereocenters. The predicted octanol–water partition coefficient (Wildman–Crippen LogP) is 1.37. The van der Waals surface area contributed by atoms with Crippen LogP contribution in [0.3, 0.4) is 0 Å². The molecule has 0 unspecified atom stereocenters. The zero-order valence-corrected chi connectivity index (χ0v) is 8.12. The summed E-state index contributed by atoms with van der Waals surface area (Å²) < 4.78 is 4.48. The van der Waals surface area contributed by atoms with Gasteiger partial charge in [0.05, 0.1) is 7.11 Å². The van der Waals surface area contributed by atoms with E-state index >= 15 is 0 Å². The molecular formula is C10H14N2O2. The van der Waals surface area contributed by atoms with Crippen LogP contribution in [0.4, 0.5) is 10.5 Å². The molecule has 1 amide bonds. The van der Waals surface area contributed by atoms with Crippen molar-refractivity contribution in [3.05, 3.63) is 29.8 Å². The number of amides is 1. The van der Waals surface area contributed by atoms with E-state index in [1.54, 1.807) is 6.07 Å². The maximum Gasteiger partial charge on any atom is 0.411 e. The first kappa shape index (κ1) is 10.5. The second-order valence-corrected chi connectivity index (χ2v) is 2.86. The number of benzene rings is 1. The summed E-state index contributed by atoms with van der Waals surface area (Å²) in [5.74, 6) is 0. The van der Waals surface area contributed by atoms with Crippen LogP contribution in [-0.2, 0) is 11.2 Å². The highest BCUT2D eigenvalue weighted by Gasteiger charge is 2.00. The number of rotatable bonds is 3. The minimum atomic E-state index is -0.463. The Morgan fingerprint density at radius 3 is 3.00 bits per heavy atom. The van der Waals surface area contributed by atoms with Crippen LogP contribution in [0.2, 0.25) is 0 Å². The quantitative estimate of drug-likeness (QED) is 0.763. The fraction of sp³-hybridized carbons (Fsp3) is 0.300. The molecule has 0 saturated carbocycles. The van der Waals surface area contributed by atoms with E-state index in [1.807, 2.05) is 18.2 Å². The smallest absolute Gasteiger partial charge is 0.411 e. The number of methoxy groups -OCH3 is 1. The number of hydrogen-bond donors (Lipinski definition) is 2. The average Bonchev–Trinajstić information content (AvgIpc) is 2.19. The van der Waals surface area contributed by atoms with Crippen molar-refractivity contribution >= 4 is 11.8 Å². The monoisotopic (exact) mass is 194 g/mol. The molecule has 0 spiro atoms. The molecule has 0 bridgehead atoms. The summed E-state index contributed by atoms with van der Waals surface area (Å²) in [5.41, 5.74) is 7.25. The van der Waals surface area contributed by atoms with E-state index in [9.17, 15) is 4.79 Å². The molecule has 1 aromatic carbocycles. The molecule has 0 aliphatic rings. The van der Waals surface area contributed by atoms with Gasteiger partial charge in [-0.3, -0.25) is 5.32 Å². The summed E-state index contributed by atoms with van der Waals surface area (Å²) in [6.45, 7) is 0.599. The Kier molecular flexibility index (Phi) is 3.94. The molecule has 3 N–H and O–H groups in total. The molecule has 0 saturated heterocycles. The Morgan fingerprint density at radius 1 is 1.57 bits per heavy atom. The molecule has 0 aromatic heterocycles. The number of hydrogen-bond acceptors (Lipinski definition) is 3. The molecule has 0 radical (unpaired) electrons. The number of carbonyl (C=O) groups excluding carboxylic acids is 1. The van der Waals surface area contributed by atoms with Crippen LogP contribution < -0.4 is 11.1 Å². The van der Waals surface area contributed by atoms with E-state index in [4.69, 9.17) is 5.73 Å². The van der Waals surface area contributed by atoms with Gasteiger partial charge >= 0.3 is 6.09 Å². The second kappa shape index (κ2) is 5.24. The van der Waals surface area contributed by atoms with Gasteiger partial charge in [0.25, 0.3) is 0 Å². The third-order valence-electron chi connectivity index (χ3n) is 1.79. The number of nitrogens with one attached hydrogen (secondary N) is 1. The standard InChI is InChI=1S/C10H14N2O2/c1-14-10(13)12-9-4-2-3-8(7-9)5-6-11/h2-4,7H,5-6,11H2,1H3,(H,12,13). The molecule has 0 heterocycles. The van der Waals surface area contributed by atoms with E-state index in [-0.39, 0.29) is 0 Å². The highest BCUT2D eigenvalue weighted by molar-refractivity contribution is 5.84. The van der Waals surface area contributed by atoms with E-state index in [0.29, 0.717) is 6.54 Å². The summed E-state index contributed by atoms with van der Waals surface area (Å²) in [6, 6.07) is 7.52. The normalized spacial score (nSPS) is 9.57. The summed E-state index contributed by atoms with van der Waals surface area (Å²) in [7, 11) is 1.33. The number of ether oxygens (including phenoxy) is 1. The summed E-state index contributed by atoms with van der Waals surface area (Å²) >= 11 is 0. The second-order valence-electron chi connectivity index (χ2n) is 2.86. The SMILES string of the molecule is COC(=O)Nc1cccc(CCN)c1. The van der Waals surface area contributed by atoms with Crippen LogP contribution >= 0.6 is 0 Å². The van der Waals surface area contributed by atoms with Crippen LogP contribution in [0.5, 0.6) is 0 Å². The van der Waals surface area contributed by atoms with Crippen molar-refractivity contribution < 1.29 is 9.53 Å². The number of anilines is 1. The van der Waals surface area contributed by atoms with Gasteiger partial charge < -0.3 is 10.5 Å². The minimum absolute atomic E-state index is 0.463. The number of carbonyl (C=O) groups is 1. The van der Waals surface area contributed by atoms with Gasteiger partial charge in [-0.15, -0.1) is 0 Å². The Balaban J connectivity index is 2.68. The predicted molar refractivity (Wildman–Crippen MR) is 55.2 cm³/mol. The van der Waals surface area contributed by atoms with Gasteiger partial charge in [-0.1, -0.05) is 12.1 Å². The van der Waals surface area contributed by atoms with Gasteiger partial charge in [0.15, 0.2) is 0 Å². The van der Waals surface area contributed by atoms with E-state index < -0.39 is 6.09 Å². The molecule has 0 aliphatic carbocycles. The minimum Gasteiger partial charge on any atom is -0.453 e. The Bertz CT molecular complexity index is 313. The molecule has 0 fully saturated rings. The van der Waals surface area contributed by atoms with Gasteiger partial charge in [-0.05, 0) is 30.7 Å². The van der Waals surface area contributed by atoms with Crippen LogP contribution in [0, 0.1) is 0 Å². The summed E-state index contributed by atoms with van der Waals surface area (Å²) in [6.07, 6.45) is 0.339. The topological polar surface area (TPSA) is 64.3 Å². The molecule has 0 aliphatic heterocycles. The van der Waals surface area contributed by atoms with Crippen molar-refractivity contribution in [3.63, 3.8) is 0 Å². The van der Waals surface area contributed by atoms with Crippen LogP contribution in [0.15, 0.2) is 24.3 Å². The first-order valence-electron chi connectivity index (χ1n) is 4.40. The van der Waals surface area contributed by atoms with Gasteiger partial charge in [0, 0.05) is 5.69 Å². The van der Waals surface area contributed by atoms with Crippen molar-refractivity contribution in [2.24, 2.45) is 5.73 Å². The van der Waals surface area contributed by atoms with Gasteiger partial charge in [-0.25, -0.2) is 4.79 Å². The molecule has 4 nitrogen and oxygen atoms in total. The van der Waals surface area contributed by atoms with E-state index in [0.717, 1.165) is 17.7 Å². The van der Waals surface area contributed by atoms with Gasteiger partial charge in [0.1, 0.15) is 0 Å². The average molecular weight is 194 g/mol. The van der Waals surface area contributed by atoms with Crippen LogP contribution in [-0.4, -0.2) is 19.7 Å². The molecular weight excluding hydrogens is 180 g/mol. The van der Waals surface area contributed by atoms with Crippen LogP contribution in [0.25, 0.3) is 0 Å². The Morgan fingerprint density at radius 2 is 2.36 bits per heavy atom. The van der Waals surface area contributed by atoms with Crippen molar-refractivity contribution in [2.75, 3.05) is 19.0 Å². The zero-order valence-electron chi connectivity index (χ0n) is 8.12. The van der Waals surface area contributed by atoms with E-state index in [2.05, 4.69) is 10.1 Å². The highest BCUT2D eigenvalue weighted by atomic mass is 16.5. The van der Waals surface area contributed by atoms with Gasteiger partial charge in [-0.2, -0.15) is 0 Å². The third-order valence-corrected chi connectivity index (χ3v) is 1.79. The lowest BCUT2D eigenvalue weighted by Crippen LogP contribution is -2.11. The van der Waals surface area contributed by atoms with Crippen molar-refractivity contribution in [2.45, 2.75) is 6.42 Å². The molecule has 76 valence electrons. The maximum atomic E-state index is 10.9. The largest absolute Gasteiger partial charge is 0.453 e. The molecule has 14 heavy (non-hydrogen) atoms. The highest BCUT2D eigenvalue weighted by Crippen LogP contribution is 2.10. The first-order valence-corrected chi connectivity index (χ1v) is 4.40. The first-order chi connectivity index (χ1) is 6.76. The maximum absolute atomic E-state index is 10.9. The fourth-order valence-corrected chi connectivity index (χ4v) is 1.14. The van der Waals surface area contributed by atoms with Crippen LogP contribution in [0.1, 0.15) is 5.56 Å². The molecule has 4 heteroatoms. The van der Waals surface area contributed by atoms with Crippen molar-refractivity contribution in [1.29, 1.82) is 0 Å². The lowest BCUT2D eigenvalue weighted by atomic mass is 10.1. The number of nitrogens with two attached hydrogens (primary N) is 1. The Labute approximate surface area is 83.1 Å². The molecule has 1 rings (SSSR count). The summed E-state index contributed by atoms with van der Waals surface area (Å²) in [5, 5.41) is 2.59.